The molecule has 0 aromatic heterocycles. The topological polar surface area (TPSA) is 90.7 Å². The van der Waals surface area contributed by atoms with Crippen LogP contribution >= 0.6 is 0 Å². The first-order valence-electron chi connectivity index (χ1n) is 8.61. The Morgan fingerprint density at radius 1 is 1.11 bits per heavy atom. The van der Waals surface area contributed by atoms with Crippen LogP contribution in [-0.2, 0) is 0 Å². The maximum atomic E-state index is 13.3. The van der Waals surface area contributed by atoms with Crippen molar-refractivity contribution in [3.05, 3.63) is 57.9 Å². The van der Waals surface area contributed by atoms with Gasteiger partial charge in [-0.2, -0.15) is 0 Å². The third-order valence-corrected chi connectivity index (χ3v) is 3.52. The van der Waals surface area contributed by atoms with Crippen molar-refractivity contribution < 1.29 is 23.6 Å². The Labute approximate surface area is 156 Å². The number of carbonyl (C=O) groups is 1. The highest BCUT2D eigenvalue weighted by Crippen LogP contribution is 2.38. The van der Waals surface area contributed by atoms with Gasteiger partial charge in [0.2, 0.25) is 0 Å². The summed E-state index contributed by atoms with van der Waals surface area (Å²) in [5.74, 6) is -0.708. The van der Waals surface area contributed by atoms with Crippen LogP contribution in [0.3, 0.4) is 0 Å². The summed E-state index contributed by atoms with van der Waals surface area (Å²) >= 11 is 0. The molecule has 8 heteroatoms. The van der Waals surface area contributed by atoms with E-state index in [2.05, 4.69) is 5.32 Å². The summed E-state index contributed by atoms with van der Waals surface area (Å²) in [5.41, 5.74) is -0.342. The van der Waals surface area contributed by atoms with E-state index in [-0.39, 0.29) is 22.7 Å². The number of carbonyl (C=O) groups excluding carboxylic acids is 1. The van der Waals surface area contributed by atoms with Crippen molar-refractivity contribution in [2.75, 3.05) is 18.5 Å². The molecule has 0 spiro atoms. The summed E-state index contributed by atoms with van der Waals surface area (Å²) < 4.78 is 24.5. The Balaban J connectivity index is 2.40. The van der Waals surface area contributed by atoms with Crippen LogP contribution in [-0.4, -0.2) is 24.0 Å². The zero-order valence-electron chi connectivity index (χ0n) is 15.2. The number of ether oxygens (including phenoxy) is 2. The molecule has 2 rings (SSSR count). The van der Waals surface area contributed by atoms with E-state index in [4.69, 9.17) is 9.47 Å². The number of anilines is 1. The molecule has 0 saturated heterocycles. The molecule has 0 saturated carbocycles. The molecular weight excluding hydrogens is 355 g/mol. The van der Waals surface area contributed by atoms with Crippen molar-refractivity contribution in [3.63, 3.8) is 0 Å². The van der Waals surface area contributed by atoms with Gasteiger partial charge in [0, 0.05) is 11.6 Å². The lowest BCUT2D eigenvalue weighted by Crippen LogP contribution is -2.14. The van der Waals surface area contributed by atoms with E-state index in [0.717, 1.165) is 18.9 Å². The lowest BCUT2D eigenvalue weighted by atomic mass is 10.2. The van der Waals surface area contributed by atoms with Gasteiger partial charge in [0.25, 0.3) is 11.6 Å². The van der Waals surface area contributed by atoms with Gasteiger partial charge in [-0.05, 0) is 31.0 Å². The zero-order valence-corrected chi connectivity index (χ0v) is 15.2. The highest BCUT2D eigenvalue weighted by molar-refractivity contribution is 6.05. The van der Waals surface area contributed by atoms with Crippen LogP contribution in [0.15, 0.2) is 36.4 Å². The van der Waals surface area contributed by atoms with Crippen LogP contribution in [0.2, 0.25) is 0 Å². The quantitative estimate of drug-likeness (QED) is 0.512. The summed E-state index contributed by atoms with van der Waals surface area (Å²) in [7, 11) is 0. The molecule has 0 aliphatic rings. The second kappa shape index (κ2) is 9.51. The van der Waals surface area contributed by atoms with Crippen LogP contribution in [0.1, 0.15) is 37.0 Å². The predicted octanol–water partition coefficient (Wildman–Crippen LogP) is 4.56. The highest BCUT2D eigenvalue weighted by Gasteiger charge is 2.22. The second-order valence-electron chi connectivity index (χ2n) is 5.73. The molecule has 0 aliphatic carbocycles. The third-order valence-electron chi connectivity index (χ3n) is 3.52. The molecular formula is C19H21FN2O5. The lowest BCUT2D eigenvalue weighted by molar-refractivity contribution is -0.384. The summed E-state index contributed by atoms with van der Waals surface area (Å²) in [6, 6.07) is 7.63. The Kier molecular flexibility index (Phi) is 7.10. The van der Waals surface area contributed by atoms with Gasteiger partial charge in [-0.25, -0.2) is 4.39 Å². The minimum Gasteiger partial charge on any atom is -0.490 e. The number of rotatable bonds is 9. The fourth-order valence-corrected chi connectivity index (χ4v) is 2.27. The van der Waals surface area contributed by atoms with Gasteiger partial charge >= 0.3 is 0 Å². The number of nitrogens with zero attached hydrogens (tertiary/aromatic N) is 1. The molecule has 2 aromatic carbocycles. The maximum absolute atomic E-state index is 13.3. The molecule has 0 aliphatic heterocycles. The van der Waals surface area contributed by atoms with E-state index < -0.39 is 16.6 Å². The highest BCUT2D eigenvalue weighted by atomic mass is 19.1. The monoisotopic (exact) mass is 376 g/mol. The lowest BCUT2D eigenvalue weighted by Gasteiger charge is -2.14. The molecule has 0 radical (unpaired) electrons. The molecule has 2 aromatic rings. The third kappa shape index (κ3) is 5.40. The van der Waals surface area contributed by atoms with Crippen molar-refractivity contribution in [1.82, 2.24) is 0 Å². The second-order valence-corrected chi connectivity index (χ2v) is 5.73. The molecule has 0 atom stereocenters. The minimum absolute atomic E-state index is 0.0478. The molecule has 7 nitrogen and oxygen atoms in total. The number of hydrogen-bond donors (Lipinski definition) is 1. The van der Waals surface area contributed by atoms with Crippen molar-refractivity contribution in [2.24, 2.45) is 0 Å². The molecule has 144 valence electrons. The Hall–Kier alpha value is -3.16. The number of nitrogens with one attached hydrogen (secondary N) is 1. The Morgan fingerprint density at radius 3 is 2.30 bits per heavy atom. The van der Waals surface area contributed by atoms with Crippen molar-refractivity contribution in [1.29, 1.82) is 0 Å². The van der Waals surface area contributed by atoms with E-state index in [9.17, 15) is 19.3 Å². The molecule has 0 unspecified atom stereocenters. The van der Waals surface area contributed by atoms with Crippen molar-refractivity contribution in [3.8, 4) is 11.5 Å². The minimum atomic E-state index is -0.665. The van der Waals surface area contributed by atoms with E-state index in [1.165, 1.54) is 30.3 Å². The Morgan fingerprint density at radius 2 is 1.74 bits per heavy atom. The van der Waals surface area contributed by atoms with E-state index in [0.29, 0.717) is 19.0 Å². The average molecular weight is 376 g/mol. The maximum Gasteiger partial charge on any atom is 0.296 e. The van der Waals surface area contributed by atoms with E-state index in [1.54, 1.807) is 0 Å². The van der Waals surface area contributed by atoms with Gasteiger partial charge < -0.3 is 14.8 Å². The van der Waals surface area contributed by atoms with Gasteiger partial charge in [-0.3, -0.25) is 14.9 Å². The van der Waals surface area contributed by atoms with Crippen LogP contribution in [0.4, 0.5) is 15.8 Å². The molecule has 1 N–H and O–H groups in total. The van der Waals surface area contributed by atoms with Gasteiger partial charge in [0.05, 0.1) is 24.2 Å². The number of nitro groups is 1. The zero-order chi connectivity index (χ0) is 19.8. The molecule has 0 heterocycles. The van der Waals surface area contributed by atoms with Gasteiger partial charge in [-0.15, -0.1) is 0 Å². The Bertz CT molecular complexity index is 826. The molecule has 0 bridgehead atoms. The van der Waals surface area contributed by atoms with Gasteiger partial charge in [0.1, 0.15) is 11.5 Å². The van der Waals surface area contributed by atoms with Crippen LogP contribution < -0.4 is 14.8 Å². The van der Waals surface area contributed by atoms with Crippen LogP contribution in [0.5, 0.6) is 11.5 Å². The van der Waals surface area contributed by atoms with Crippen LogP contribution in [0, 0.1) is 15.9 Å². The summed E-state index contributed by atoms with van der Waals surface area (Å²) in [6.07, 6.45) is 1.45. The molecule has 0 fully saturated rings. The predicted molar refractivity (Wildman–Crippen MR) is 99.0 cm³/mol. The fraction of sp³-hybridized carbons (Fsp3) is 0.316. The first kappa shape index (κ1) is 20.2. The molecule has 27 heavy (non-hydrogen) atoms. The summed E-state index contributed by atoms with van der Waals surface area (Å²) in [5, 5.41) is 13.9. The normalized spacial score (nSPS) is 10.3. The first-order chi connectivity index (χ1) is 13.0. The summed E-state index contributed by atoms with van der Waals surface area (Å²) in [4.78, 5) is 23.2. The largest absolute Gasteiger partial charge is 0.490 e. The van der Waals surface area contributed by atoms with Crippen LogP contribution in [0.25, 0.3) is 0 Å². The van der Waals surface area contributed by atoms with Gasteiger partial charge in [0.15, 0.2) is 11.5 Å². The number of benzene rings is 2. The number of hydrogen-bond acceptors (Lipinski definition) is 5. The number of halogens is 1. The number of nitro benzene ring substituents is 1. The smallest absolute Gasteiger partial charge is 0.296 e. The van der Waals surface area contributed by atoms with E-state index in [1.807, 2.05) is 13.8 Å². The summed E-state index contributed by atoms with van der Waals surface area (Å²) in [6.45, 7) is 4.59. The fourth-order valence-electron chi connectivity index (χ4n) is 2.27. The standard InChI is InChI=1S/C19H21FN2O5/c1-3-8-26-17-11-15(16(22(24)25)12-18(17)27-9-4-2)21-19(23)13-6-5-7-14(20)10-13/h5-7,10-12H,3-4,8-9H2,1-2H3,(H,21,23). The average Bonchev–Trinajstić information content (AvgIpc) is 2.65. The van der Waals surface area contributed by atoms with Gasteiger partial charge in [-0.1, -0.05) is 19.9 Å². The van der Waals surface area contributed by atoms with E-state index >= 15 is 0 Å². The van der Waals surface area contributed by atoms with Crippen molar-refractivity contribution >= 4 is 17.3 Å². The molecule has 1 amide bonds. The first-order valence-corrected chi connectivity index (χ1v) is 8.61. The number of amides is 1. The SMILES string of the molecule is CCCOc1cc(NC(=O)c2cccc(F)c2)c([N+](=O)[O-])cc1OCCC. The van der Waals surface area contributed by atoms with Crippen molar-refractivity contribution in [2.45, 2.75) is 26.7 Å².